The van der Waals surface area contributed by atoms with Gasteiger partial charge in [0.05, 0.1) is 12.6 Å². The molecule has 1 atom stereocenters. The summed E-state index contributed by atoms with van der Waals surface area (Å²) in [6, 6.07) is 8.33. The molecule has 3 rings (SSSR count). The predicted octanol–water partition coefficient (Wildman–Crippen LogP) is 2.57. The number of rotatable bonds is 8. The first kappa shape index (κ1) is 20.4. The van der Waals surface area contributed by atoms with Gasteiger partial charge in [0.25, 0.3) is 10.0 Å². The van der Waals surface area contributed by atoms with Crippen molar-refractivity contribution in [2.75, 3.05) is 26.3 Å². The average molecular weight is 423 g/mol. The molecule has 1 unspecified atom stereocenters. The van der Waals surface area contributed by atoms with Crippen LogP contribution in [0.1, 0.15) is 18.5 Å². The Kier molecular flexibility index (Phi) is 6.38. The van der Waals surface area contributed by atoms with Crippen LogP contribution in [0.4, 0.5) is 0 Å². The minimum atomic E-state index is -3.74. The topological polar surface area (TPSA) is 84.9 Å². The minimum absolute atomic E-state index is 0.0477. The average Bonchev–Trinajstić information content (AvgIpc) is 3.23. The SMILES string of the molecule is C=CCN(CC(=O)NC(C)c1ccc2c(c1)OCCO2)S(=O)(=O)c1cccs1. The second-order valence-corrected chi connectivity index (χ2v) is 9.32. The van der Waals surface area contributed by atoms with Crippen LogP contribution in [0.5, 0.6) is 11.5 Å². The Bertz CT molecular complexity index is 941. The van der Waals surface area contributed by atoms with Crippen LogP contribution in [0.3, 0.4) is 0 Å². The highest BCUT2D eigenvalue weighted by molar-refractivity contribution is 7.91. The van der Waals surface area contributed by atoms with Gasteiger partial charge in [-0.1, -0.05) is 18.2 Å². The Labute approximate surface area is 168 Å². The molecule has 0 saturated carbocycles. The van der Waals surface area contributed by atoms with Crippen LogP contribution in [0.25, 0.3) is 0 Å². The molecule has 0 fully saturated rings. The number of nitrogens with zero attached hydrogens (tertiary/aromatic N) is 1. The zero-order chi connectivity index (χ0) is 20.1. The van der Waals surface area contributed by atoms with E-state index in [1.807, 2.05) is 19.1 Å². The predicted molar refractivity (Wildman–Crippen MR) is 107 cm³/mol. The highest BCUT2D eigenvalue weighted by Crippen LogP contribution is 2.32. The van der Waals surface area contributed by atoms with Gasteiger partial charge in [-0.25, -0.2) is 8.42 Å². The van der Waals surface area contributed by atoms with Gasteiger partial charge in [0.2, 0.25) is 5.91 Å². The summed E-state index contributed by atoms with van der Waals surface area (Å²) in [6.07, 6.45) is 1.46. The molecule has 7 nitrogen and oxygen atoms in total. The Morgan fingerprint density at radius 2 is 2.07 bits per heavy atom. The Balaban J connectivity index is 1.68. The Morgan fingerprint density at radius 3 is 2.75 bits per heavy atom. The molecular weight excluding hydrogens is 400 g/mol. The third kappa shape index (κ3) is 4.54. The molecule has 1 amide bonds. The summed E-state index contributed by atoms with van der Waals surface area (Å²) in [5, 5.41) is 4.52. The fourth-order valence-electron chi connectivity index (χ4n) is 2.79. The second kappa shape index (κ2) is 8.76. The molecule has 0 spiro atoms. The number of benzene rings is 1. The first-order chi connectivity index (χ1) is 13.4. The number of amides is 1. The molecule has 150 valence electrons. The Hall–Kier alpha value is -2.36. The number of ether oxygens (including phenoxy) is 2. The van der Waals surface area contributed by atoms with Crippen LogP contribution in [0.2, 0.25) is 0 Å². The first-order valence-corrected chi connectivity index (χ1v) is 11.1. The van der Waals surface area contributed by atoms with Crippen LogP contribution < -0.4 is 14.8 Å². The molecular formula is C19H22N2O5S2. The van der Waals surface area contributed by atoms with Gasteiger partial charge >= 0.3 is 0 Å². The van der Waals surface area contributed by atoms with E-state index in [0.717, 1.165) is 21.2 Å². The zero-order valence-corrected chi connectivity index (χ0v) is 17.1. The van der Waals surface area contributed by atoms with Crippen molar-refractivity contribution < 1.29 is 22.7 Å². The van der Waals surface area contributed by atoms with E-state index in [2.05, 4.69) is 11.9 Å². The molecule has 2 heterocycles. The molecule has 0 saturated heterocycles. The number of fused-ring (bicyclic) bond motifs is 1. The molecule has 0 aliphatic carbocycles. The lowest BCUT2D eigenvalue weighted by atomic mass is 10.1. The molecule has 1 aromatic carbocycles. The summed E-state index contributed by atoms with van der Waals surface area (Å²) in [5.74, 6) is 0.913. The summed E-state index contributed by atoms with van der Waals surface area (Å²) >= 11 is 1.11. The number of hydrogen-bond donors (Lipinski definition) is 1. The van der Waals surface area contributed by atoms with Crippen molar-refractivity contribution in [2.24, 2.45) is 0 Å². The molecule has 1 aromatic heterocycles. The van der Waals surface area contributed by atoms with E-state index in [1.54, 1.807) is 17.5 Å². The van der Waals surface area contributed by atoms with Crippen LogP contribution in [0, 0.1) is 0 Å². The highest BCUT2D eigenvalue weighted by Gasteiger charge is 2.27. The van der Waals surface area contributed by atoms with Gasteiger partial charge in [-0.05, 0) is 36.1 Å². The van der Waals surface area contributed by atoms with Crippen molar-refractivity contribution in [2.45, 2.75) is 17.2 Å². The van der Waals surface area contributed by atoms with Crippen molar-refractivity contribution in [3.8, 4) is 11.5 Å². The fraction of sp³-hybridized carbons (Fsp3) is 0.316. The van der Waals surface area contributed by atoms with Crippen molar-refractivity contribution in [3.63, 3.8) is 0 Å². The number of carbonyl (C=O) groups excluding carboxylic acids is 1. The summed E-state index contributed by atoms with van der Waals surface area (Å²) in [6.45, 7) is 6.17. The van der Waals surface area contributed by atoms with E-state index < -0.39 is 15.9 Å². The smallest absolute Gasteiger partial charge is 0.253 e. The third-order valence-corrected chi connectivity index (χ3v) is 7.37. The van der Waals surface area contributed by atoms with E-state index >= 15 is 0 Å². The molecule has 1 aliphatic rings. The van der Waals surface area contributed by atoms with Crippen LogP contribution in [-0.2, 0) is 14.8 Å². The van der Waals surface area contributed by atoms with Crippen molar-refractivity contribution in [3.05, 3.63) is 53.9 Å². The molecule has 0 bridgehead atoms. The highest BCUT2D eigenvalue weighted by atomic mass is 32.2. The van der Waals surface area contributed by atoms with E-state index in [-0.39, 0.29) is 23.3 Å². The summed E-state index contributed by atoms with van der Waals surface area (Å²) in [7, 11) is -3.74. The van der Waals surface area contributed by atoms with Crippen molar-refractivity contribution >= 4 is 27.3 Å². The summed E-state index contributed by atoms with van der Waals surface area (Å²) in [5.41, 5.74) is 0.842. The van der Waals surface area contributed by atoms with Crippen LogP contribution >= 0.6 is 11.3 Å². The van der Waals surface area contributed by atoms with E-state index in [1.165, 1.54) is 12.1 Å². The first-order valence-electron chi connectivity index (χ1n) is 8.75. The molecule has 1 aliphatic heterocycles. The van der Waals surface area contributed by atoms with Crippen LogP contribution in [0.15, 0.2) is 52.6 Å². The standard InChI is InChI=1S/C19H22N2O5S2/c1-3-8-21(28(23,24)19-5-4-11-27-19)13-18(22)20-14(2)15-6-7-16-17(12-15)26-10-9-25-16/h3-7,11-12,14H,1,8-10,13H2,2H3,(H,20,22). The Morgan fingerprint density at radius 1 is 1.32 bits per heavy atom. The summed E-state index contributed by atoms with van der Waals surface area (Å²) < 4.78 is 37.8. The number of hydrogen-bond acceptors (Lipinski definition) is 6. The molecule has 0 radical (unpaired) electrons. The second-order valence-electron chi connectivity index (χ2n) is 6.21. The van der Waals surface area contributed by atoms with Gasteiger partial charge in [0.15, 0.2) is 11.5 Å². The lowest BCUT2D eigenvalue weighted by Gasteiger charge is -2.23. The van der Waals surface area contributed by atoms with E-state index in [4.69, 9.17) is 9.47 Å². The monoisotopic (exact) mass is 422 g/mol. The maximum Gasteiger partial charge on any atom is 0.253 e. The van der Waals surface area contributed by atoms with Gasteiger partial charge in [-0.15, -0.1) is 17.9 Å². The van der Waals surface area contributed by atoms with Gasteiger partial charge < -0.3 is 14.8 Å². The van der Waals surface area contributed by atoms with Gasteiger partial charge in [0, 0.05) is 6.54 Å². The normalized spacial score (nSPS) is 14.5. The van der Waals surface area contributed by atoms with Crippen molar-refractivity contribution in [1.29, 1.82) is 0 Å². The summed E-state index contributed by atoms with van der Waals surface area (Å²) in [4.78, 5) is 12.5. The maximum atomic E-state index is 12.7. The molecule has 2 aromatic rings. The number of carbonyl (C=O) groups is 1. The number of nitrogens with one attached hydrogen (secondary N) is 1. The van der Waals surface area contributed by atoms with Gasteiger partial charge in [-0.2, -0.15) is 4.31 Å². The number of sulfonamides is 1. The number of thiophene rings is 1. The lowest BCUT2D eigenvalue weighted by Crippen LogP contribution is -2.41. The lowest BCUT2D eigenvalue weighted by molar-refractivity contribution is -0.121. The van der Waals surface area contributed by atoms with E-state index in [0.29, 0.717) is 24.7 Å². The van der Waals surface area contributed by atoms with Gasteiger partial charge in [-0.3, -0.25) is 4.79 Å². The van der Waals surface area contributed by atoms with Crippen LogP contribution in [-0.4, -0.2) is 44.9 Å². The quantitative estimate of drug-likeness (QED) is 0.661. The molecule has 28 heavy (non-hydrogen) atoms. The van der Waals surface area contributed by atoms with Crippen molar-refractivity contribution in [1.82, 2.24) is 9.62 Å². The zero-order valence-electron chi connectivity index (χ0n) is 15.5. The van der Waals surface area contributed by atoms with Gasteiger partial charge in [0.1, 0.15) is 17.4 Å². The third-order valence-electron chi connectivity index (χ3n) is 4.19. The largest absolute Gasteiger partial charge is 0.486 e. The van der Waals surface area contributed by atoms with E-state index in [9.17, 15) is 13.2 Å². The minimum Gasteiger partial charge on any atom is -0.486 e. The maximum absolute atomic E-state index is 12.7. The molecule has 1 N–H and O–H groups in total. The fourth-order valence-corrected chi connectivity index (χ4v) is 5.30. The molecule has 9 heteroatoms.